The number of allylic oxidation sites excluding steroid dienone is 2. The molecule has 3 aromatic rings. The summed E-state index contributed by atoms with van der Waals surface area (Å²) in [6.07, 6.45) is 7.14. The van der Waals surface area contributed by atoms with Crippen LogP contribution in [-0.2, 0) is 20.5 Å². The summed E-state index contributed by atoms with van der Waals surface area (Å²) in [5.41, 5.74) is 0.554. The molecule has 2 aromatic heterocycles. The third-order valence-electron chi connectivity index (χ3n) is 4.32. The van der Waals surface area contributed by atoms with Gasteiger partial charge in [-0.1, -0.05) is 36.4 Å². The molecular weight excluding hydrogens is 332 g/mol. The molecule has 0 saturated carbocycles. The quantitative estimate of drug-likeness (QED) is 0.517. The lowest BCUT2D eigenvalue weighted by Gasteiger charge is -2.04. The van der Waals surface area contributed by atoms with Gasteiger partial charge in [0.1, 0.15) is 6.33 Å². The number of rotatable bonds is 5. The van der Waals surface area contributed by atoms with Crippen molar-refractivity contribution < 1.29 is 4.79 Å². The molecule has 26 heavy (non-hydrogen) atoms. The third-order valence-corrected chi connectivity index (χ3v) is 4.32. The van der Waals surface area contributed by atoms with E-state index in [0.717, 1.165) is 23.8 Å². The van der Waals surface area contributed by atoms with Gasteiger partial charge in [0, 0.05) is 14.1 Å². The highest BCUT2D eigenvalue weighted by Gasteiger charge is 2.16. The molecule has 0 unspecified atom stereocenters. The monoisotopic (exact) mass is 352 g/mol. The zero-order valence-corrected chi connectivity index (χ0v) is 14.8. The van der Waals surface area contributed by atoms with E-state index in [9.17, 15) is 14.4 Å². The Hall–Kier alpha value is -3.22. The van der Waals surface area contributed by atoms with Crippen molar-refractivity contribution >= 4 is 17.1 Å². The number of unbranched alkanes of at least 4 members (excludes halogenated alkanes) is 1. The molecule has 0 radical (unpaired) electrons. The molecule has 2 heterocycles. The fourth-order valence-electron chi connectivity index (χ4n) is 2.84. The lowest BCUT2D eigenvalue weighted by atomic mass is 10.1. The SMILES string of the molecule is Cn1c(=O)c2c(ncn2C(=O)/C=C/CCCc2ccccc2)n(C)c1=O. The molecular formula is C19H20N4O3. The summed E-state index contributed by atoms with van der Waals surface area (Å²) in [7, 11) is 2.90. The lowest BCUT2D eigenvalue weighted by Crippen LogP contribution is -2.37. The molecule has 0 aliphatic carbocycles. The van der Waals surface area contributed by atoms with E-state index in [2.05, 4.69) is 17.1 Å². The zero-order chi connectivity index (χ0) is 18.7. The molecule has 0 atom stereocenters. The van der Waals surface area contributed by atoms with Crippen LogP contribution in [0.25, 0.3) is 11.2 Å². The number of benzene rings is 1. The number of carbonyl (C=O) groups is 1. The zero-order valence-electron chi connectivity index (χ0n) is 14.8. The summed E-state index contributed by atoms with van der Waals surface area (Å²) in [6, 6.07) is 10.1. The highest BCUT2D eigenvalue weighted by atomic mass is 16.2. The molecule has 0 N–H and O–H groups in total. The number of hydrogen-bond acceptors (Lipinski definition) is 4. The van der Waals surface area contributed by atoms with Crippen LogP contribution in [0.1, 0.15) is 23.2 Å². The maximum atomic E-state index is 12.4. The molecule has 1 aromatic carbocycles. The van der Waals surface area contributed by atoms with E-state index in [1.807, 2.05) is 18.2 Å². The van der Waals surface area contributed by atoms with Crippen LogP contribution in [0, 0.1) is 0 Å². The number of aryl methyl sites for hydroxylation is 2. The summed E-state index contributed by atoms with van der Waals surface area (Å²) in [4.78, 5) is 40.7. The van der Waals surface area contributed by atoms with E-state index in [-0.39, 0.29) is 17.1 Å². The van der Waals surface area contributed by atoms with E-state index in [1.165, 1.54) is 41.2 Å². The number of aromatic nitrogens is 4. The van der Waals surface area contributed by atoms with Gasteiger partial charge in [0.05, 0.1) is 0 Å². The lowest BCUT2D eigenvalue weighted by molar-refractivity contribution is 0.0972. The van der Waals surface area contributed by atoms with Crippen molar-refractivity contribution in [3.8, 4) is 0 Å². The Bertz CT molecular complexity index is 1090. The van der Waals surface area contributed by atoms with E-state index in [4.69, 9.17) is 0 Å². The predicted octanol–water partition coefficient (Wildman–Crippen LogP) is 1.65. The Morgan fingerprint density at radius 3 is 2.58 bits per heavy atom. The van der Waals surface area contributed by atoms with Gasteiger partial charge in [0.15, 0.2) is 11.2 Å². The first-order chi connectivity index (χ1) is 12.5. The Balaban J connectivity index is 1.74. The molecule has 0 aliphatic heterocycles. The minimum atomic E-state index is -0.536. The van der Waals surface area contributed by atoms with Gasteiger partial charge < -0.3 is 0 Å². The maximum absolute atomic E-state index is 12.4. The van der Waals surface area contributed by atoms with Crippen LogP contribution in [0.15, 0.2) is 58.4 Å². The number of fused-ring (bicyclic) bond motifs is 1. The second kappa shape index (κ2) is 7.35. The number of nitrogens with zero attached hydrogens (tertiary/aromatic N) is 4. The van der Waals surface area contributed by atoms with Crippen LogP contribution in [0.4, 0.5) is 0 Å². The number of hydrogen-bond donors (Lipinski definition) is 0. The van der Waals surface area contributed by atoms with E-state index < -0.39 is 11.2 Å². The van der Waals surface area contributed by atoms with Crippen molar-refractivity contribution in [3.05, 3.63) is 75.2 Å². The molecule has 0 spiro atoms. The molecule has 3 rings (SSSR count). The molecule has 0 saturated heterocycles. The van der Waals surface area contributed by atoms with Gasteiger partial charge in [-0.3, -0.25) is 23.3 Å². The largest absolute Gasteiger partial charge is 0.332 e. The van der Waals surface area contributed by atoms with Crippen molar-refractivity contribution in [1.82, 2.24) is 18.7 Å². The highest BCUT2D eigenvalue weighted by Crippen LogP contribution is 2.07. The molecule has 0 fully saturated rings. The van der Waals surface area contributed by atoms with Crippen LogP contribution in [-0.4, -0.2) is 24.6 Å². The summed E-state index contributed by atoms with van der Waals surface area (Å²) < 4.78 is 3.41. The summed E-state index contributed by atoms with van der Waals surface area (Å²) in [5.74, 6) is -0.358. The third kappa shape index (κ3) is 3.28. The van der Waals surface area contributed by atoms with Crippen LogP contribution in [0.5, 0.6) is 0 Å². The predicted molar refractivity (Wildman–Crippen MR) is 99.4 cm³/mol. The Labute approximate surface area is 149 Å². The van der Waals surface area contributed by atoms with Gasteiger partial charge in [-0.15, -0.1) is 0 Å². The fourth-order valence-corrected chi connectivity index (χ4v) is 2.84. The van der Waals surface area contributed by atoms with Gasteiger partial charge in [-0.05, 0) is 30.9 Å². The van der Waals surface area contributed by atoms with Gasteiger partial charge in [0.25, 0.3) is 11.5 Å². The van der Waals surface area contributed by atoms with Gasteiger partial charge in [-0.25, -0.2) is 9.78 Å². The maximum Gasteiger partial charge on any atom is 0.332 e. The minimum absolute atomic E-state index is 0.105. The number of imidazole rings is 1. The first kappa shape index (κ1) is 17.6. The van der Waals surface area contributed by atoms with Crippen molar-refractivity contribution in [3.63, 3.8) is 0 Å². The second-order valence-electron chi connectivity index (χ2n) is 6.11. The molecule has 134 valence electrons. The first-order valence-electron chi connectivity index (χ1n) is 8.38. The van der Waals surface area contributed by atoms with Crippen LogP contribution < -0.4 is 11.2 Å². The Morgan fingerprint density at radius 2 is 1.85 bits per heavy atom. The molecule has 0 aliphatic rings. The average molecular weight is 352 g/mol. The van der Waals surface area contributed by atoms with Gasteiger partial charge >= 0.3 is 5.69 Å². The van der Waals surface area contributed by atoms with Gasteiger partial charge in [0.2, 0.25) is 0 Å². The minimum Gasteiger partial charge on any atom is -0.279 e. The number of carbonyl (C=O) groups excluding carboxylic acids is 1. The molecule has 0 bridgehead atoms. The van der Waals surface area contributed by atoms with Crippen molar-refractivity contribution in [1.29, 1.82) is 0 Å². The summed E-state index contributed by atoms with van der Waals surface area (Å²) >= 11 is 0. The highest BCUT2D eigenvalue weighted by molar-refractivity contribution is 5.95. The van der Waals surface area contributed by atoms with Crippen LogP contribution in [0.3, 0.4) is 0 Å². The normalized spacial score (nSPS) is 11.5. The first-order valence-corrected chi connectivity index (χ1v) is 8.38. The van der Waals surface area contributed by atoms with Crippen molar-refractivity contribution in [2.75, 3.05) is 0 Å². The van der Waals surface area contributed by atoms with E-state index in [1.54, 1.807) is 6.08 Å². The van der Waals surface area contributed by atoms with Gasteiger partial charge in [-0.2, -0.15) is 0 Å². The van der Waals surface area contributed by atoms with Crippen LogP contribution >= 0.6 is 0 Å². The molecule has 7 heteroatoms. The molecule has 0 amide bonds. The fraction of sp³-hybridized carbons (Fsp3) is 0.263. The van der Waals surface area contributed by atoms with E-state index in [0.29, 0.717) is 0 Å². The Kier molecular flexibility index (Phi) is 4.97. The standard InChI is InChI=1S/C19H20N4O3/c1-21-17-16(18(25)22(2)19(21)26)23(13-20-17)15(24)12-8-4-7-11-14-9-5-3-6-10-14/h3,5-6,8-10,12-13H,4,7,11H2,1-2H3/b12-8+. The average Bonchev–Trinajstić information content (AvgIpc) is 3.10. The Morgan fingerprint density at radius 1 is 1.12 bits per heavy atom. The van der Waals surface area contributed by atoms with Crippen molar-refractivity contribution in [2.45, 2.75) is 19.3 Å². The summed E-state index contributed by atoms with van der Waals surface area (Å²) in [5, 5.41) is 0. The second-order valence-corrected chi connectivity index (χ2v) is 6.11. The van der Waals surface area contributed by atoms with E-state index >= 15 is 0 Å². The van der Waals surface area contributed by atoms with Crippen molar-refractivity contribution in [2.24, 2.45) is 14.1 Å². The topological polar surface area (TPSA) is 78.9 Å². The smallest absolute Gasteiger partial charge is 0.279 e. The molecule has 7 nitrogen and oxygen atoms in total. The summed E-state index contributed by atoms with van der Waals surface area (Å²) in [6.45, 7) is 0. The van der Waals surface area contributed by atoms with Crippen LogP contribution in [0.2, 0.25) is 0 Å².